The SMILES string of the molecule is COc1ccc([C@@H]2CC(=O)C3=C(C2)Nc2nonc2N[C@@H]3c2ccccc2F)cc1. The maximum atomic E-state index is 14.6. The summed E-state index contributed by atoms with van der Waals surface area (Å²) in [6.07, 6.45) is 0.904. The molecule has 0 amide bonds. The van der Waals surface area contributed by atoms with Crippen LogP contribution in [-0.2, 0) is 4.79 Å². The number of fused-ring (bicyclic) bond motifs is 1. The molecule has 0 radical (unpaired) electrons. The van der Waals surface area contributed by atoms with Gasteiger partial charge in [-0.3, -0.25) is 4.79 Å². The minimum Gasteiger partial charge on any atom is -0.497 e. The summed E-state index contributed by atoms with van der Waals surface area (Å²) in [5, 5.41) is 14.1. The Morgan fingerprint density at radius 1 is 1.07 bits per heavy atom. The third-order valence-electron chi connectivity index (χ3n) is 5.64. The zero-order valence-corrected chi connectivity index (χ0v) is 16.2. The summed E-state index contributed by atoms with van der Waals surface area (Å²) in [6, 6.07) is 13.4. The largest absolute Gasteiger partial charge is 0.497 e. The van der Waals surface area contributed by atoms with E-state index in [2.05, 4.69) is 20.9 Å². The lowest BCUT2D eigenvalue weighted by Crippen LogP contribution is -2.27. The Morgan fingerprint density at radius 2 is 1.83 bits per heavy atom. The van der Waals surface area contributed by atoms with Crippen molar-refractivity contribution in [1.82, 2.24) is 10.3 Å². The lowest BCUT2D eigenvalue weighted by molar-refractivity contribution is -0.116. The van der Waals surface area contributed by atoms with E-state index in [4.69, 9.17) is 9.37 Å². The molecule has 1 aliphatic heterocycles. The van der Waals surface area contributed by atoms with Crippen LogP contribution in [-0.4, -0.2) is 23.2 Å². The molecule has 30 heavy (non-hydrogen) atoms. The number of carbonyl (C=O) groups is 1. The van der Waals surface area contributed by atoms with Crippen molar-refractivity contribution in [2.45, 2.75) is 24.8 Å². The molecule has 5 rings (SSSR count). The van der Waals surface area contributed by atoms with Crippen LogP contribution >= 0.6 is 0 Å². The second kappa shape index (κ2) is 7.29. The molecule has 0 saturated heterocycles. The smallest absolute Gasteiger partial charge is 0.219 e. The number of benzene rings is 2. The summed E-state index contributed by atoms with van der Waals surface area (Å²) >= 11 is 0. The monoisotopic (exact) mass is 406 g/mol. The van der Waals surface area contributed by atoms with Gasteiger partial charge < -0.3 is 15.4 Å². The van der Waals surface area contributed by atoms with Gasteiger partial charge in [0.2, 0.25) is 11.6 Å². The fourth-order valence-electron chi connectivity index (χ4n) is 4.16. The number of Topliss-reactive ketones (excluding diaryl/α,β-unsaturated/α-hetero) is 1. The summed E-state index contributed by atoms with van der Waals surface area (Å²) in [5.74, 6) is 1.02. The van der Waals surface area contributed by atoms with Gasteiger partial charge in [-0.2, -0.15) is 0 Å². The van der Waals surface area contributed by atoms with Crippen LogP contribution in [0.4, 0.5) is 16.0 Å². The van der Waals surface area contributed by atoms with Crippen molar-refractivity contribution in [3.8, 4) is 5.75 Å². The van der Waals surface area contributed by atoms with E-state index in [0.29, 0.717) is 41.3 Å². The number of ketones is 1. The molecule has 0 fully saturated rings. The van der Waals surface area contributed by atoms with E-state index in [1.54, 1.807) is 25.3 Å². The van der Waals surface area contributed by atoms with Crippen molar-refractivity contribution in [3.05, 3.63) is 76.7 Å². The average Bonchev–Trinajstić information content (AvgIpc) is 3.13. The maximum absolute atomic E-state index is 14.6. The van der Waals surface area contributed by atoms with Gasteiger partial charge in [-0.1, -0.05) is 30.3 Å². The molecule has 0 unspecified atom stereocenters. The minimum atomic E-state index is -0.689. The first-order valence-electron chi connectivity index (χ1n) is 9.64. The Bertz CT molecular complexity index is 1140. The molecular weight excluding hydrogens is 387 g/mol. The van der Waals surface area contributed by atoms with Crippen LogP contribution in [0.5, 0.6) is 5.75 Å². The van der Waals surface area contributed by atoms with Crippen molar-refractivity contribution in [3.63, 3.8) is 0 Å². The van der Waals surface area contributed by atoms with Crippen LogP contribution in [0, 0.1) is 5.82 Å². The molecular formula is C22H19FN4O3. The van der Waals surface area contributed by atoms with Crippen molar-refractivity contribution in [2.24, 2.45) is 0 Å². The van der Waals surface area contributed by atoms with E-state index in [1.165, 1.54) is 6.07 Å². The number of nitrogens with one attached hydrogen (secondary N) is 2. The number of halogens is 1. The number of anilines is 2. The van der Waals surface area contributed by atoms with Gasteiger partial charge in [-0.15, -0.1) is 0 Å². The third-order valence-corrected chi connectivity index (χ3v) is 5.64. The third kappa shape index (κ3) is 3.10. The highest BCUT2D eigenvalue weighted by Gasteiger charge is 2.38. The lowest BCUT2D eigenvalue weighted by atomic mass is 9.78. The number of ether oxygens (including phenoxy) is 1. The first-order chi connectivity index (χ1) is 14.6. The summed E-state index contributed by atoms with van der Waals surface area (Å²) in [5.41, 5.74) is 2.61. The summed E-state index contributed by atoms with van der Waals surface area (Å²) in [4.78, 5) is 13.3. The van der Waals surface area contributed by atoms with Crippen LogP contribution in [0.1, 0.15) is 35.9 Å². The van der Waals surface area contributed by atoms with E-state index in [1.807, 2.05) is 24.3 Å². The van der Waals surface area contributed by atoms with E-state index in [-0.39, 0.29) is 11.7 Å². The number of carbonyl (C=O) groups excluding carboxylic acids is 1. The molecule has 2 N–H and O–H groups in total. The zero-order chi connectivity index (χ0) is 20.7. The number of rotatable bonds is 3. The summed E-state index contributed by atoms with van der Waals surface area (Å²) in [7, 11) is 1.62. The molecule has 2 heterocycles. The topological polar surface area (TPSA) is 89.3 Å². The van der Waals surface area contributed by atoms with Crippen molar-refractivity contribution >= 4 is 17.4 Å². The fourth-order valence-corrected chi connectivity index (χ4v) is 4.16. The second-order valence-electron chi connectivity index (χ2n) is 7.38. The number of hydrogen-bond donors (Lipinski definition) is 2. The molecule has 0 spiro atoms. The predicted molar refractivity (Wildman–Crippen MR) is 108 cm³/mol. The van der Waals surface area contributed by atoms with Crippen LogP contribution in [0.25, 0.3) is 0 Å². The Kier molecular flexibility index (Phi) is 4.46. The first-order valence-corrected chi connectivity index (χ1v) is 9.64. The van der Waals surface area contributed by atoms with Crippen molar-refractivity contribution < 1.29 is 18.6 Å². The van der Waals surface area contributed by atoms with Gasteiger partial charge in [0.1, 0.15) is 11.6 Å². The standard InChI is InChI=1S/C22H19FN4O3/c1-29-14-8-6-12(7-9-14)13-10-17-19(18(28)11-13)20(15-4-2-3-5-16(15)23)25-22-21(24-17)26-30-27-22/h2-9,13,20H,10-11H2,1H3,(H,24,26)(H,25,27)/t13-,20+/m0/s1. The van der Waals surface area contributed by atoms with Gasteiger partial charge >= 0.3 is 0 Å². The van der Waals surface area contributed by atoms with Gasteiger partial charge in [0.15, 0.2) is 5.78 Å². The highest BCUT2D eigenvalue weighted by Crippen LogP contribution is 2.43. The fraction of sp³-hybridized carbons (Fsp3) is 0.227. The highest BCUT2D eigenvalue weighted by molar-refractivity contribution is 6.00. The molecule has 1 aliphatic carbocycles. The molecule has 8 heteroatoms. The lowest BCUT2D eigenvalue weighted by Gasteiger charge is -2.29. The van der Waals surface area contributed by atoms with Crippen molar-refractivity contribution in [1.29, 1.82) is 0 Å². The van der Waals surface area contributed by atoms with Crippen LogP contribution < -0.4 is 15.4 Å². The molecule has 152 valence electrons. The van der Waals surface area contributed by atoms with Crippen LogP contribution in [0.15, 0.2) is 64.4 Å². The molecule has 3 aromatic rings. The quantitative estimate of drug-likeness (QED) is 0.674. The molecule has 0 bridgehead atoms. The van der Waals surface area contributed by atoms with Crippen LogP contribution in [0.2, 0.25) is 0 Å². The van der Waals surface area contributed by atoms with E-state index in [0.717, 1.165) is 11.3 Å². The molecule has 2 aliphatic rings. The summed E-state index contributed by atoms with van der Waals surface area (Å²) in [6.45, 7) is 0. The highest BCUT2D eigenvalue weighted by atomic mass is 19.1. The Hall–Kier alpha value is -3.68. The van der Waals surface area contributed by atoms with Crippen LogP contribution in [0.3, 0.4) is 0 Å². The van der Waals surface area contributed by atoms with Crippen molar-refractivity contribution in [2.75, 3.05) is 17.7 Å². The number of methoxy groups -OCH3 is 1. The predicted octanol–water partition coefficient (Wildman–Crippen LogP) is 4.20. The van der Waals surface area contributed by atoms with Gasteiger partial charge in [0.25, 0.3) is 0 Å². The Labute approximate surface area is 171 Å². The van der Waals surface area contributed by atoms with Gasteiger partial charge in [-0.05, 0) is 46.4 Å². The zero-order valence-electron chi connectivity index (χ0n) is 16.2. The molecule has 2 atom stereocenters. The normalized spacial score (nSPS) is 20.5. The van der Waals surface area contributed by atoms with E-state index < -0.39 is 11.9 Å². The van der Waals surface area contributed by atoms with E-state index in [9.17, 15) is 9.18 Å². The Balaban J connectivity index is 1.58. The number of hydrogen-bond acceptors (Lipinski definition) is 7. The van der Waals surface area contributed by atoms with Gasteiger partial charge in [0.05, 0.1) is 13.2 Å². The Morgan fingerprint density at radius 3 is 2.60 bits per heavy atom. The number of allylic oxidation sites excluding steroid dienone is 1. The second-order valence-corrected chi connectivity index (χ2v) is 7.38. The van der Waals surface area contributed by atoms with Gasteiger partial charge in [-0.25, -0.2) is 9.02 Å². The molecule has 0 saturated carbocycles. The maximum Gasteiger partial charge on any atom is 0.219 e. The molecule has 1 aromatic heterocycles. The summed E-state index contributed by atoms with van der Waals surface area (Å²) < 4.78 is 24.7. The first kappa shape index (κ1) is 18.4. The molecule has 7 nitrogen and oxygen atoms in total. The van der Waals surface area contributed by atoms with E-state index >= 15 is 0 Å². The minimum absolute atomic E-state index is 0.0164. The average molecular weight is 406 g/mol. The van der Waals surface area contributed by atoms with Gasteiger partial charge in [0, 0.05) is 23.3 Å². The number of aromatic nitrogens is 2. The number of nitrogens with zero attached hydrogens (tertiary/aromatic N) is 2. The molecule has 2 aromatic carbocycles.